The van der Waals surface area contributed by atoms with E-state index in [-0.39, 0.29) is 23.2 Å². The highest BCUT2D eigenvalue weighted by molar-refractivity contribution is 5.96. The fourth-order valence-electron chi connectivity index (χ4n) is 3.11. The quantitative estimate of drug-likeness (QED) is 0.934. The summed E-state index contributed by atoms with van der Waals surface area (Å²) >= 11 is 0. The molecule has 1 amide bonds. The molecule has 2 aromatic rings. The summed E-state index contributed by atoms with van der Waals surface area (Å²) in [5, 5.41) is 9.10. The Bertz CT molecular complexity index is 768. The lowest BCUT2D eigenvalue weighted by molar-refractivity contribution is 0.0513. The number of rotatable bonds is 3. The normalized spacial score (nSPS) is 20.8. The predicted molar refractivity (Wildman–Crippen MR) is 86.8 cm³/mol. The lowest BCUT2D eigenvalue weighted by Crippen LogP contribution is -2.40. The van der Waals surface area contributed by atoms with Gasteiger partial charge in [0.25, 0.3) is 5.91 Å². The van der Waals surface area contributed by atoms with Crippen LogP contribution in [0.3, 0.4) is 0 Å². The Kier molecular flexibility index (Phi) is 4.38. The number of carboxylic acid groups (broad SMARTS) is 1. The molecule has 6 heteroatoms. The first kappa shape index (κ1) is 16.2. The molecule has 1 aliphatic heterocycles. The van der Waals surface area contributed by atoms with Crippen molar-refractivity contribution in [3.8, 4) is 0 Å². The van der Waals surface area contributed by atoms with Crippen molar-refractivity contribution in [3.05, 3.63) is 53.2 Å². The van der Waals surface area contributed by atoms with Gasteiger partial charge in [-0.05, 0) is 49.9 Å². The third-order valence-electron chi connectivity index (χ3n) is 4.44. The second-order valence-electron chi connectivity index (χ2n) is 6.33. The number of aromatic carboxylic acids is 1. The van der Waals surface area contributed by atoms with Crippen LogP contribution in [-0.2, 0) is 0 Å². The van der Waals surface area contributed by atoms with Gasteiger partial charge in [0.05, 0.1) is 11.6 Å². The van der Waals surface area contributed by atoms with Crippen molar-refractivity contribution < 1.29 is 19.1 Å². The summed E-state index contributed by atoms with van der Waals surface area (Å²) < 4.78 is 5.74. The van der Waals surface area contributed by atoms with Gasteiger partial charge in [-0.3, -0.25) is 9.78 Å². The van der Waals surface area contributed by atoms with Gasteiger partial charge in [0.15, 0.2) is 0 Å². The molecule has 0 bridgehead atoms. The monoisotopic (exact) mass is 328 g/mol. The van der Waals surface area contributed by atoms with Crippen LogP contribution in [-0.4, -0.2) is 33.4 Å². The van der Waals surface area contributed by atoms with E-state index in [9.17, 15) is 9.59 Å². The second-order valence-corrected chi connectivity index (χ2v) is 6.33. The molecule has 2 unspecified atom stereocenters. The van der Waals surface area contributed by atoms with E-state index < -0.39 is 5.97 Å². The lowest BCUT2D eigenvalue weighted by atomic mass is 9.90. The molecule has 3 heterocycles. The Morgan fingerprint density at radius 2 is 2.12 bits per heavy atom. The number of carbonyl (C=O) groups is 2. The Morgan fingerprint density at radius 1 is 1.33 bits per heavy atom. The van der Waals surface area contributed by atoms with E-state index in [2.05, 4.69) is 11.9 Å². The molecule has 1 saturated heterocycles. The van der Waals surface area contributed by atoms with E-state index in [1.165, 1.54) is 18.3 Å². The number of nitrogens with zero attached hydrogens (tertiary/aromatic N) is 2. The van der Waals surface area contributed by atoms with Crippen LogP contribution in [0.5, 0.6) is 0 Å². The number of aryl methyl sites for hydroxylation is 1. The maximum Gasteiger partial charge on any atom is 0.335 e. The van der Waals surface area contributed by atoms with E-state index in [1.54, 1.807) is 4.90 Å². The number of carboxylic acids is 1. The summed E-state index contributed by atoms with van der Waals surface area (Å²) in [6, 6.07) is 6.35. The maximum atomic E-state index is 12.9. The number of aromatic nitrogens is 1. The number of hydrogen-bond donors (Lipinski definition) is 1. The molecular formula is C18H20N2O4. The average Bonchev–Trinajstić information content (AvgIpc) is 3.00. The summed E-state index contributed by atoms with van der Waals surface area (Å²) in [6.07, 6.45) is 3.08. The van der Waals surface area contributed by atoms with Crippen LogP contribution >= 0.6 is 0 Å². The summed E-state index contributed by atoms with van der Waals surface area (Å²) in [5.74, 6) is 0.729. The van der Waals surface area contributed by atoms with E-state index >= 15 is 0 Å². The fraction of sp³-hybridized carbons (Fsp3) is 0.389. The average molecular weight is 328 g/mol. The second kappa shape index (κ2) is 6.47. The van der Waals surface area contributed by atoms with Crippen molar-refractivity contribution in [2.24, 2.45) is 5.92 Å². The number of hydrogen-bond acceptors (Lipinski definition) is 4. The van der Waals surface area contributed by atoms with Crippen molar-refractivity contribution >= 4 is 11.9 Å². The van der Waals surface area contributed by atoms with Crippen LogP contribution in [0.1, 0.15) is 58.2 Å². The van der Waals surface area contributed by atoms with E-state index in [0.717, 1.165) is 24.4 Å². The molecule has 0 aliphatic carbocycles. The third-order valence-corrected chi connectivity index (χ3v) is 4.44. The minimum absolute atomic E-state index is 0.0594. The van der Waals surface area contributed by atoms with E-state index in [4.69, 9.17) is 9.52 Å². The molecule has 0 saturated carbocycles. The molecule has 0 aromatic carbocycles. The topological polar surface area (TPSA) is 83.6 Å². The number of piperidine rings is 1. The van der Waals surface area contributed by atoms with Crippen LogP contribution in [0.25, 0.3) is 0 Å². The Balaban J connectivity index is 1.91. The maximum absolute atomic E-state index is 12.9. The number of amides is 1. The number of pyridine rings is 1. The minimum Gasteiger partial charge on any atom is -0.478 e. The summed E-state index contributed by atoms with van der Waals surface area (Å²) in [4.78, 5) is 29.8. The standard InChI is InChI=1S/C18H20N2O4/c1-11-6-8-20(15(9-11)16-4-3-12(2)24-16)17(21)14-10-13(18(22)23)5-7-19-14/h3-5,7,10-11,15H,6,8-9H2,1-2H3,(H,22,23). The Hall–Kier alpha value is -2.63. The molecule has 0 radical (unpaired) electrons. The lowest BCUT2D eigenvalue weighted by Gasteiger charge is -2.37. The fourth-order valence-corrected chi connectivity index (χ4v) is 3.11. The first-order valence-electron chi connectivity index (χ1n) is 8.02. The van der Waals surface area contributed by atoms with Gasteiger partial charge in [0, 0.05) is 12.7 Å². The van der Waals surface area contributed by atoms with Crippen molar-refractivity contribution in [1.82, 2.24) is 9.88 Å². The van der Waals surface area contributed by atoms with Gasteiger partial charge >= 0.3 is 5.97 Å². The minimum atomic E-state index is -1.07. The molecule has 6 nitrogen and oxygen atoms in total. The van der Waals surface area contributed by atoms with Gasteiger partial charge in [-0.25, -0.2) is 4.79 Å². The van der Waals surface area contributed by atoms with Crippen LogP contribution < -0.4 is 0 Å². The Morgan fingerprint density at radius 3 is 2.79 bits per heavy atom. The van der Waals surface area contributed by atoms with Crippen LogP contribution in [0.4, 0.5) is 0 Å². The van der Waals surface area contributed by atoms with E-state index in [1.807, 2.05) is 19.1 Å². The van der Waals surface area contributed by atoms with Crippen LogP contribution in [0.2, 0.25) is 0 Å². The largest absolute Gasteiger partial charge is 0.478 e. The predicted octanol–water partition coefficient (Wildman–Crippen LogP) is 3.29. The van der Waals surface area contributed by atoms with Crippen LogP contribution in [0.15, 0.2) is 34.9 Å². The molecule has 1 aliphatic rings. The number of carbonyl (C=O) groups excluding carboxylic acids is 1. The Labute approximate surface area is 140 Å². The summed E-state index contributed by atoms with van der Waals surface area (Å²) in [5.41, 5.74) is 0.210. The van der Waals surface area contributed by atoms with Crippen molar-refractivity contribution in [2.45, 2.75) is 32.7 Å². The summed E-state index contributed by atoms with van der Waals surface area (Å²) in [6.45, 7) is 4.64. The highest BCUT2D eigenvalue weighted by Crippen LogP contribution is 2.35. The molecular weight excluding hydrogens is 308 g/mol. The molecule has 126 valence electrons. The third kappa shape index (κ3) is 3.18. The van der Waals surface area contributed by atoms with Gasteiger partial charge in [-0.15, -0.1) is 0 Å². The van der Waals surface area contributed by atoms with Crippen LogP contribution in [0, 0.1) is 12.8 Å². The molecule has 1 fully saturated rings. The van der Waals surface area contributed by atoms with Gasteiger partial charge in [0.1, 0.15) is 17.2 Å². The first-order chi connectivity index (χ1) is 11.5. The zero-order chi connectivity index (χ0) is 17.3. The smallest absolute Gasteiger partial charge is 0.335 e. The molecule has 24 heavy (non-hydrogen) atoms. The van der Waals surface area contributed by atoms with Crippen molar-refractivity contribution in [2.75, 3.05) is 6.54 Å². The highest BCUT2D eigenvalue weighted by Gasteiger charge is 2.34. The highest BCUT2D eigenvalue weighted by atomic mass is 16.4. The molecule has 2 aromatic heterocycles. The first-order valence-corrected chi connectivity index (χ1v) is 8.02. The van der Waals surface area contributed by atoms with Crippen molar-refractivity contribution in [1.29, 1.82) is 0 Å². The SMILES string of the molecule is Cc1ccc(C2CC(C)CCN2C(=O)c2cc(C(=O)O)ccn2)o1. The molecule has 3 rings (SSSR count). The molecule has 2 atom stereocenters. The molecule has 1 N–H and O–H groups in total. The van der Waals surface area contributed by atoms with E-state index in [0.29, 0.717) is 12.5 Å². The van der Waals surface area contributed by atoms with Gasteiger partial charge in [0.2, 0.25) is 0 Å². The number of likely N-dealkylation sites (tertiary alicyclic amines) is 1. The number of furan rings is 1. The zero-order valence-electron chi connectivity index (χ0n) is 13.7. The van der Waals surface area contributed by atoms with Gasteiger partial charge in [-0.2, -0.15) is 0 Å². The van der Waals surface area contributed by atoms with Gasteiger partial charge < -0.3 is 14.4 Å². The zero-order valence-corrected chi connectivity index (χ0v) is 13.7. The van der Waals surface area contributed by atoms with Gasteiger partial charge in [-0.1, -0.05) is 6.92 Å². The van der Waals surface area contributed by atoms with Crippen molar-refractivity contribution in [3.63, 3.8) is 0 Å². The summed E-state index contributed by atoms with van der Waals surface area (Å²) in [7, 11) is 0. The molecule has 0 spiro atoms.